The molecule has 1 unspecified atom stereocenters. The Morgan fingerprint density at radius 3 is 2.36 bits per heavy atom. The molecule has 44 heavy (non-hydrogen) atoms. The zero-order valence-electron chi connectivity index (χ0n) is 25.3. The van der Waals surface area contributed by atoms with Crippen molar-refractivity contribution in [3.8, 4) is 23.0 Å². The molecule has 2 heterocycles. The van der Waals surface area contributed by atoms with Crippen LogP contribution < -0.4 is 33.8 Å². The number of ether oxygens (including phenoxy) is 5. The summed E-state index contributed by atoms with van der Waals surface area (Å²) >= 11 is 1.25. The zero-order valence-corrected chi connectivity index (χ0v) is 26.1. The molecule has 1 aliphatic heterocycles. The van der Waals surface area contributed by atoms with Crippen LogP contribution in [0.5, 0.6) is 23.0 Å². The third kappa shape index (κ3) is 6.26. The summed E-state index contributed by atoms with van der Waals surface area (Å²) in [6.07, 6.45) is 1.79. The summed E-state index contributed by atoms with van der Waals surface area (Å²) in [5, 5.41) is 0. The molecule has 0 spiro atoms. The maximum Gasteiger partial charge on any atom is 0.338 e. The predicted molar refractivity (Wildman–Crippen MR) is 168 cm³/mol. The van der Waals surface area contributed by atoms with Crippen LogP contribution in [0, 0.1) is 0 Å². The monoisotopic (exact) mass is 614 g/mol. The van der Waals surface area contributed by atoms with Crippen molar-refractivity contribution in [3.63, 3.8) is 0 Å². The average molecular weight is 615 g/mol. The van der Waals surface area contributed by atoms with Gasteiger partial charge in [-0.3, -0.25) is 9.36 Å². The molecule has 0 bridgehead atoms. The maximum atomic E-state index is 14.0. The molecule has 0 N–H and O–H groups in total. The van der Waals surface area contributed by atoms with Crippen molar-refractivity contribution < 1.29 is 28.5 Å². The van der Waals surface area contributed by atoms with Gasteiger partial charge in [0.1, 0.15) is 6.61 Å². The van der Waals surface area contributed by atoms with Crippen molar-refractivity contribution in [2.75, 3.05) is 27.4 Å². The SMILES string of the molecule is CCOC(=O)C1=C(C)N=c2s/c(=C\c3ccc(OCc4ccccc4)c(OCC)c3)c(=O)n2C1c1ccc(OC)c(OC)c1. The highest BCUT2D eigenvalue weighted by molar-refractivity contribution is 7.07. The standard InChI is InChI=1S/C34H34N2O7S/c1-6-41-28-17-23(13-15-26(28)43-20-22-11-9-8-10-12-22)18-29-32(37)36-31(24-14-16-25(39-4)27(19-24)40-5)30(33(38)42-7-2)21(3)35-34(36)44-29/h8-19,31H,6-7,20H2,1-5H3/b29-18-. The van der Waals surface area contributed by atoms with E-state index in [-0.39, 0.29) is 17.7 Å². The molecule has 0 amide bonds. The fraction of sp³-hybridized carbons (Fsp3) is 0.265. The Morgan fingerprint density at radius 2 is 1.66 bits per heavy atom. The Morgan fingerprint density at radius 1 is 0.909 bits per heavy atom. The lowest BCUT2D eigenvalue weighted by Gasteiger charge is -2.25. The Kier molecular flexibility index (Phi) is 9.50. The molecular weight excluding hydrogens is 580 g/mol. The van der Waals surface area contributed by atoms with Crippen LogP contribution in [0.1, 0.15) is 43.5 Å². The normalized spacial score (nSPS) is 14.5. The largest absolute Gasteiger partial charge is 0.493 e. The molecule has 1 aromatic heterocycles. The molecule has 0 radical (unpaired) electrons. The first-order valence-corrected chi connectivity index (χ1v) is 15.0. The topological polar surface area (TPSA) is 97.6 Å². The molecule has 228 valence electrons. The minimum absolute atomic E-state index is 0.186. The van der Waals surface area contributed by atoms with E-state index in [1.165, 1.54) is 23.0 Å². The predicted octanol–water partition coefficient (Wildman–Crippen LogP) is 4.79. The number of carbonyl (C=O) groups excluding carboxylic acids is 1. The smallest absolute Gasteiger partial charge is 0.338 e. The van der Waals surface area contributed by atoms with E-state index in [0.717, 1.165) is 11.1 Å². The lowest BCUT2D eigenvalue weighted by Crippen LogP contribution is -2.39. The number of nitrogens with zero attached hydrogens (tertiary/aromatic N) is 2. The van der Waals surface area contributed by atoms with Crippen LogP contribution in [0.3, 0.4) is 0 Å². The van der Waals surface area contributed by atoms with Crippen LogP contribution >= 0.6 is 11.3 Å². The van der Waals surface area contributed by atoms with E-state index < -0.39 is 12.0 Å². The highest BCUT2D eigenvalue weighted by atomic mass is 32.1. The quantitative estimate of drug-likeness (QED) is 0.224. The van der Waals surface area contributed by atoms with Crippen molar-refractivity contribution in [2.24, 2.45) is 4.99 Å². The van der Waals surface area contributed by atoms with Gasteiger partial charge in [0.2, 0.25) is 0 Å². The van der Waals surface area contributed by atoms with E-state index in [0.29, 0.717) is 56.8 Å². The fourth-order valence-electron chi connectivity index (χ4n) is 5.02. The third-order valence-corrected chi connectivity index (χ3v) is 8.03. The number of benzene rings is 3. The first-order valence-electron chi connectivity index (χ1n) is 14.2. The van der Waals surface area contributed by atoms with Crippen LogP contribution in [-0.4, -0.2) is 38.0 Å². The first kappa shape index (κ1) is 30.6. The lowest BCUT2D eigenvalue weighted by molar-refractivity contribution is -0.139. The molecule has 10 heteroatoms. The van der Waals surface area contributed by atoms with E-state index >= 15 is 0 Å². The van der Waals surface area contributed by atoms with Gasteiger partial charge in [-0.15, -0.1) is 0 Å². The van der Waals surface area contributed by atoms with E-state index in [2.05, 4.69) is 4.99 Å². The second kappa shape index (κ2) is 13.6. The number of allylic oxidation sites excluding steroid dienone is 1. The summed E-state index contributed by atoms with van der Waals surface area (Å²) < 4.78 is 30.3. The minimum Gasteiger partial charge on any atom is -0.493 e. The van der Waals surface area contributed by atoms with E-state index in [9.17, 15) is 9.59 Å². The number of rotatable bonds is 11. The maximum absolute atomic E-state index is 14.0. The van der Waals surface area contributed by atoms with Gasteiger partial charge in [-0.1, -0.05) is 53.8 Å². The first-order chi connectivity index (χ1) is 21.4. The van der Waals surface area contributed by atoms with Crippen LogP contribution in [0.15, 0.2) is 87.8 Å². The molecule has 0 saturated carbocycles. The third-order valence-electron chi connectivity index (χ3n) is 7.04. The van der Waals surface area contributed by atoms with Crippen molar-refractivity contribution in [2.45, 2.75) is 33.4 Å². The molecule has 9 nitrogen and oxygen atoms in total. The summed E-state index contributed by atoms with van der Waals surface area (Å²) in [7, 11) is 3.09. The van der Waals surface area contributed by atoms with Gasteiger partial charge in [0, 0.05) is 0 Å². The number of hydrogen-bond donors (Lipinski definition) is 0. The second-order valence-corrected chi connectivity index (χ2v) is 10.8. The molecule has 5 rings (SSSR count). The van der Waals surface area contributed by atoms with Crippen LogP contribution in [0.4, 0.5) is 0 Å². The van der Waals surface area contributed by atoms with Gasteiger partial charge in [0.15, 0.2) is 27.8 Å². The van der Waals surface area contributed by atoms with Gasteiger partial charge in [-0.2, -0.15) is 0 Å². The van der Waals surface area contributed by atoms with Gasteiger partial charge >= 0.3 is 5.97 Å². The molecule has 0 fully saturated rings. The average Bonchev–Trinajstić information content (AvgIpc) is 3.33. The van der Waals surface area contributed by atoms with Gasteiger partial charge < -0.3 is 23.7 Å². The Bertz CT molecular complexity index is 1880. The molecule has 1 atom stereocenters. The lowest BCUT2D eigenvalue weighted by atomic mass is 9.95. The highest BCUT2D eigenvalue weighted by Crippen LogP contribution is 2.36. The molecule has 0 aliphatic carbocycles. The molecule has 0 saturated heterocycles. The summed E-state index contributed by atoms with van der Waals surface area (Å²) in [6, 6.07) is 20.0. The van der Waals surface area contributed by atoms with Crippen LogP contribution in [0.25, 0.3) is 6.08 Å². The summed E-state index contributed by atoms with van der Waals surface area (Å²) in [6.45, 7) is 6.43. The molecule has 4 aromatic rings. The highest BCUT2D eigenvalue weighted by Gasteiger charge is 2.34. The molecular formula is C34H34N2O7S. The number of hydrogen-bond acceptors (Lipinski definition) is 9. The number of aromatic nitrogens is 1. The Balaban J connectivity index is 1.59. The number of fused-ring (bicyclic) bond motifs is 1. The van der Waals surface area contributed by atoms with E-state index in [4.69, 9.17) is 23.7 Å². The van der Waals surface area contributed by atoms with Crippen molar-refractivity contribution in [1.29, 1.82) is 0 Å². The summed E-state index contributed by atoms with van der Waals surface area (Å²) in [4.78, 5) is 32.4. The van der Waals surface area contributed by atoms with E-state index in [1.54, 1.807) is 39.2 Å². The Hall–Kier alpha value is -4.83. The van der Waals surface area contributed by atoms with Crippen molar-refractivity contribution in [3.05, 3.63) is 114 Å². The second-order valence-electron chi connectivity index (χ2n) is 9.83. The zero-order chi connectivity index (χ0) is 31.2. The molecule has 3 aromatic carbocycles. The van der Waals surface area contributed by atoms with Crippen molar-refractivity contribution >= 4 is 23.4 Å². The van der Waals surface area contributed by atoms with E-state index in [1.807, 2.05) is 61.5 Å². The number of esters is 1. The minimum atomic E-state index is -0.778. The number of methoxy groups -OCH3 is 2. The van der Waals surface area contributed by atoms with Crippen LogP contribution in [-0.2, 0) is 16.1 Å². The number of carbonyl (C=O) groups is 1. The van der Waals surface area contributed by atoms with Crippen molar-refractivity contribution in [1.82, 2.24) is 4.57 Å². The van der Waals surface area contributed by atoms with Gasteiger partial charge in [0.25, 0.3) is 5.56 Å². The number of thiazole rings is 1. The van der Waals surface area contributed by atoms with Gasteiger partial charge in [-0.05, 0) is 67.8 Å². The Labute approximate surface area is 259 Å². The van der Waals surface area contributed by atoms with Crippen LogP contribution in [0.2, 0.25) is 0 Å². The summed E-state index contributed by atoms with van der Waals surface area (Å²) in [5.74, 6) is 1.66. The fourth-order valence-corrected chi connectivity index (χ4v) is 6.07. The molecule has 1 aliphatic rings. The summed E-state index contributed by atoms with van der Waals surface area (Å²) in [5.41, 5.74) is 2.94. The van der Waals surface area contributed by atoms with Gasteiger partial charge in [0.05, 0.1) is 49.3 Å². The van der Waals surface area contributed by atoms with Gasteiger partial charge in [-0.25, -0.2) is 9.79 Å².